The van der Waals surface area contributed by atoms with Crippen LogP contribution in [-0.4, -0.2) is 33.8 Å². The fourth-order valence-corrected chi connectivity index (χ4v) is 3.67. The zero-order valence-electron chi connectivity index (χ0n) is 15.6. The minimum Gasteiger partial charge on any atom is -0.371 e. The lowest BCUT2D eigenvalue weighted by atomic mass is 10.0. The van der Waals surface area contributed by atoms with Crippen molar-refractivity contribution in [2.24, 2.45) is 7.05 Å². The molecular weight excluding hydrogens is 370 g/mol. The third-order valence-corrected chi connectivity index (χ3v) is 5.16. The standard InChI is InChI=1S/C20H17N7O2/c1-25-14-3-2-13(4-6-20(29)7-10-26-11-9-22-17(20)26)12-15(14)27(19(25)28)16-5-8-23-18(21)24-16/h2-3,5,8-9,11-12,29H,7,10H2,1H3,(H2,21,23,24). The van der Waals surface area contributed by atoms with Crippen LogP contribution in [0.4, 0.5) is 5.95 Å². The van der Waals surface area contributed by atoms with Gasteiger partial charge in [-0.05, 0) is 18.2 Å². The number of aryl methyl sites for hydroxylation is 2. The number of hydrogen-bond acceptors (Lipinski definition) is 6. The van der Waals surface area contributed by atoms with Crippen LogP contribution in [0.5, 0.6) is 0 Å². The van der Waals surface area contributed by atoms with Crippen molar-refractivity contribution in [3.63, 3.8) is 0 Å². The summed E-state index contributed by atoms with van der Waals surface area (Å²) in [6, 6.07) is 7.06. The van der Waals surface area contributed by atoms with Gasteiger partial charge in [0.1, 0.15) is 5.82 Å². The van der Waals surface area contributed by atoms with E-state index in [1.807, 2.05) is 22.9 Å². The van der Waals surface area contributed by atoms with Gasteiger partial charge in [0.05, 0.1) is 11.0 Å². The maximum atomic E-state index is 12.8. The number of nitrogens with zero attached hydrogens (tertiary/aromatic N) is 6. The lowest BCUT2D eigenvalue weighted by Gasteiger charge is -2.12. The number of rotatable bonds is 1. The highest BCUT2D eigenvalue weighted by Gasteiger charge is 2.37. The molecule has 0 saturated heterocycles. The van der Waals surface area contributed by atoms with E-state index in [0.29, 0.717) is 35.7 Å². The van der Waals surface area contributed by atoms with E-state index in [1.165, 1.54) is 15.3 Å². The molecule has 1 aliphatic heterocycles. The molecule has 0 fully saturated rings. The van der Waals surface area contributed by atoms with Crippen LogP contribution in [0.3, 0.4) is 0 Å². The number of nitrogen functional groups attached to an aromatic ring is 1. The summed E-state index contributed by atoms with van der Waals surface area (Å²) in [5, 5.41) is 10.9. The molecule has 0 saturated carbocycles. The minimum absolute atomic E-state index is 0.0845. The van der Waals surface area contributed by atoms with Crippen LogP contribution in [0.15, 0.2) is 47.7 Å². The normalized spacial score (nSPS) is 17.9. The molecule has 0 spiro atoms. The van der Waals surface area contributed by atoms with Gasteiger partial charge in [-0.15, -0.1) is 0 Å². The predicted octanol–water partition coefficient (Wildman–Crippen LogP) is 0.541. The van der Waals surface area contributed by atoms with E-state index >= 15 is 0 Å². The molecule has 4 aromatic rings. The maximum Gasteiger partial charge on any atom is 0.334 e. The minimum atomic E-state index is -1.28. The molecule has 1 aromatic carbocycles. The maximum absolute atomic E-state index is 12.8. The van der Waals surface area contributed by atoms with E-state index in [4.69, 9.17) is 5.73 Å². The Morgan fingerprint density at radius 2 is 2.07 bits per heavy atom. The lowest BCUT2D eigenvalue weighted by molar-refractivity contribution is 0.0980. The fraction of sp³-hybridized carbons (Fsp3) is 0.200. The summed E-state index contributed by atoms with van der Waals surface area (Å²) in [7, 11) is 1.69. The molecule has 1 atom stereocenters. The Hall–Kier alpha value is -3.90. The van der Waals surface area contributed by atoms with Crippen LogP contribution in [0, 0.1) is 11.8 Å². The molecule has 0 radical (unpaired) electrons. The molecule has 29 heavy (non-hydrogen) atoms. The Morgan fingerprint density at radius 1 is 1.21 bits per heavy atom. The van der Waals surface area contributed by atoms with Crippen LogP contribution in [-0.2, 0) is 19.2 Å². The first-order valence-corrected chi connectivity index (χ1v) is 9.04. The fourth-order valence-electron chi connectivity index (χ4n) is 3.67. The van der Waals surface area contributed by atoms with Gasteiger partial charge in [0.25, 0.3) is 0 Å². The van der Waals surface area contributed by atoms with Crippen LogP contribution in [0.25, 0.3) is 16.9 Å². The highest BCUT2D eigenvalue weighted by atomic mass is 16.3. The highest BCUT2D eigenvalue weighted by molar-refractivity contribution is 5.79. The molecule has 4 heterocycles. The second-order valence-corrected chi connectivity index (χ2v) is 6.96. The first-order chi connectivity index (χ1) is 14.0. The van der Waals surface area contributed by atoms with E-state index in [0.717, 1.165) is 5.52 Å². The summed E-state index contributed by atoms with van der Waals surface area (Å²) in [5.41, 5.74) is 6.19. The summed E-state index contributed by atoms with van der Waals surface area (Å²) >= 11 is 0. The van der Waals surface area contributed by atoms with Gasteiger partial charge in [0.15, 0.2) is 11.4 Å². The predicted molar refractivity (Wildman–Crippen MR) is 106 cm³/mol. The molecular formula is C20H17N7O2. The van der Waals surface area contributed by atoms with Crippen molar-refractivity contribution in [1.82, 2.24) is 28.7 Å². The van der Waals surface area contributed by atoms with Crippen LogP contribution in [0.1, 0.15) is 17.8 Å². The Balaban J connectivity index is 1.64. The quantitative estimate of drug-likeness (QED) is 0.461. The van der Waals surface area contributed by atoms with E-state index in [2.05, 4.69) is 26.8 Å². The Kier molecular flexibility index (Phi) is 3.59. The lowest BCUT2D eigenvalue weighted by Crippen LogP contribution is -2.21. The van der Waals surface area contributed by atoms with E-state index in [9.17, 15) is 9.90 Å². The molecule has 9 nitrogen and oxygen atoms in total. The third-order valence-electron chi connectivity index (χ3n) is 5.16. The molecule has 1 unspecified atom stereocenters. The zero-order chi connectivity index (χ0) is 20.2. The molecule has 0 bridgehead atoms. The zero-order valence-corrected chi connectivity index (χ0v) is 15.6. The van der Waals surface area contributed by atoms with Crippen LogP contribution < -0.4 is 11.4 Å². The molecule has 144 valence electrons. The number of hydrogen-bond donors (Lipinski definition) is 2. The van der Waals surface area contributed by atoms with Crippen molar-refractivity contribution in [2.45, 2.75) is 18.6 Å². The number of nitrogens with two attached hydrogens (primary N) is 1. The van der Waals surface area contributed by atoms with Gasteiger partial charge in [-0.2, -0.15) is 4.98 Å². The van der Waals surface area contributed by atoms with Gasteiger partial charge in [-0.1, -0.05) is 11.8 Å². The van der Waals surface area contributed by atoms with Crippen molar-refractivity contribution in [3.05, 3.63) is 64.7 Å². The van der Waals surface area contributed by atoms with Crippen molar-refractivity contribution in [3.8, 4) is 17.7 Å². The molecule has 3 aromatic heterocycles. The average Bonchev–Trinajstić information content (AvgIpc) is 3.37. The monoisotopic (exact) mass is 387 g/mol. The van der Waals surface area contributed by atoms with Crippen molar-refractivity contribution in [2.75, 3.05) is 5.73 Å². The number of anilines is 1. The van der Waals surface area contributed by atoms with Crippen LogP contribution >= 0.6 is 0 Å². The summed E-state index contributed by atoms with van der Waals surface area (Å²) in [6.07, 6.45) is 5.48. The molecule has 5 rings (SSSR count). The number of fused-ring (bicyclic) bond motifs is 2. The van der Waals surface area contributed by atoms with Crippen LogP contribution in [0.2, 0.25) is 0 Å². The molecule has 0 amide bonds. The smallest absolute Gasteiger partial charge is 0.334 e. The van der Waals surface area contributed by atoms with E-state index in [1.54, 1.807) is 25.4 Å². The topological polar surface area (TPSA) is 117 Å². The van der Waals surface area contributed by atoms with E-state index < -0.39 is 5.60 Å². The number of aromatic nitrogens is 6. The van der Waals surface area contributed by atoms with Crippen molar-refractivity contribution in [1.29, 1.82) is 0 Å². The molecule has 0 aliphatic carbocycles. The third kappa shape index (κ3) is 2.61. The number of imidazole rings is 2. The number of benzene rings is 1. The highest BCUT2D eigenvalue weighted by Crippen LogP contribution is 2.30. The largest absolute Gasteiger partial charge is 0.371 e. The Morgan fingerprint density at radius 3 is 2.90 bits per heavy atom. The molecule has 1 aliphatic rings. The summed E-state index contributed by atoms with van der Waals surface area (Å²) in [4.78, 5) is 25.0. The summed E-state index contributed by atoms with van der Waals surface area (Å²) in [5.74, 6) is 7.01. The first kappa shape index (κ1) is 17.2. The van der Waals surface area contributed by atoms with E-state index in [-0.39, 0.29) is 11.6 Å². The second kappa shape index (κ2) is 6.05. The SMILES string of the molecule is Cn1c(=O)n(-c2ccnc(N)n2)c2cc(C#CC3(O)CCn4ccnc43)ccc21. The van der Waals surface area contributed by atoms with Crippen molar-refractivity contribution >= 4 is 17.0 Å². The van der Waals surface area contributed by atoms with Crippen molar-refractivity contribution < 1.29 is 5.11 Å². The molecule has 9 heteroatoms. The second-order valence-electron chi connectivity index (χ2n) is 6.96. The summed E-state index contributed by atoms with van der Waals surface area (Å²) < 4.78 is 4.90. The number of aliphatic hydroxyl groups is 1. The van der Waals surface area contributed by atoms with Gasteiger partial charge in [0, 0.05) is 50.2 Å². The van der Waals surface area contributed by atoms with Gasteiger partial charge in [-0.3, -0.25) is 4.57 Å². The van der Waals surface area contributed by atoms with Gasteiger partial charge in [0.2, 0.25) is 5.95 Å². The van der Waals surface area contributed by atoms with Gasteiger partial charge < -0.3 is 15.4 Å². The Bertz CT molecular complexity index is 1390. The summed E-state index contributed by atoms with van der Waals surface area (Å²) in [6.45, 7) is 0.674. The Labute approximate surface area is 165 Å². The first-order valence-electron chi connectivity index (χ1n) is 9.04. The molecule has 3 N–H and O–H groups in total. The average molecular weight is 387 g/mol. The van der Waals surface area contributed by atoms with Gasteiger partial charge in [-0.25, -0.2) is 19.3 Å². The van der Waals surface area contributed by atoms with Gasteiger partial charge >= 0.3 is 5.69 Å².